The molecule has 2 atom stereocenters. The number of methoxy groups -OCH3 is 1. The highest BCUT2D eigenvalue weighted by Gasteiger charge is 2.37. The zero-order chi connectivity index (χ0) is 14.1. The fourth-order valence-corrected chi connectivity index (χ4v) is 2.96. The van der Waals surface area contributed by atoms with Gasteiger partial charge in [-0.1, -0.05) is 12.1 Å². The van der Waals surface area contributed by atoms with Gasteiger partial charge in [0.25, 0.3) is 0 Å². The molecule has 2 saturated carbocycles. The van der Waals surface area contributed by atoms with E-state index in [1.165, 1.54) is 37.8 Å². The summed E-state index contributed by atoms with van der Waals surface area (Å²) in [6, 6.07) is 9.49. The van der Waals surface area contributed by atoms with E-state index < -0.39 is 0 Å². The molecule has 0 heterocycles. The number of ether oxygens (including phenoxy) is 1. The van der Waals surface area contributed by atoms with E-state index in [2.05, 4.69) is 24.0 Å². The van der Waals surface area contributed by atoms with E-state index in [0.717, 1.165) is 17.7 Å². The minimum atomic E-state index is 0.0836. The molecule has 2 unspecified atom stereocenters. The maximum absolute atomic E-state index is 6.51. The molecule has 0 aromatic heterocycles. The molecule has 3 heteroatoms. The first-order valence-electron chi connectivity index (χ1n) is 7.84. The Morgan fingerprint density at radius 1 is 1.20 bits per heavy atom. The van der Waals surface area contributed by atoms with Crippen LogP contribution in [-0.2, 0) is 0 Å². The van der Waals surface area contributed by atoms with Crippen LogP contribution in [0, 0.1) is 5.92 Å². The van der Waals surface area contributed by atoms with Gasteiger partial charge in [-0.25, -0.2) is 0 Å². The first kappa shape index (κ1) is 13.9. The van der Waals surface area contributed by atoms with Crippen molar-refractivity contribution in [3.8, 4) is 5.75 Å². The van der Waals surface area contributed by atoms with E-state index in [9.17, 15) is 0 Å². The topological polar surface area (TPSA) is 38.5 Å². The predicted molar refractivity (Wildman–Crippen MR) is 81.8 cm³/mol. The van der Waals surface area contributed by atoms with Gasteiger partial charge in [-0.15, -0.1) is 0 Å². The predicted octanol–water partition coefficient (Wildman–Crippen LogP) is 2.96. The van der Waals surface area contributed by atoms with Crippen LogP contribution in [0.1, 0.15) is 44.2 Å². The van der Waals surface area contributed by atoms with E-state index in [-0.39, 0.29) is 6.04 Å². The van der Waals surface area contributed by atoms with Crippen molar-refractivity contribution in [1.29, 1.82) is 0 Å². The molecule has 0 bridgehead atoms. The molecule has 1 aromatic rings. The van der Waals surface area contributed by atoms with Crippen LogP contribution in [0.3, 0.4) is 0 Å². The highest BCUT2D eigenvalue weighted by atomic mass is 16.5. The Balaban J connectivity index is 1.67. The van der Waals surface area contributed by atoms with Crippen molar-refractivity contribution in [3.05, 3.63) is 29.8 Å². The molecule has 0 spiro atoms. The SMILES string of the molecule is COc1ccc(C(N)C(C)N(CC2CC2)C2CC2)cc1. The Labute approximate surface area is 122 Å². The van der Waals surface area contributed by atoms with Crippen molar-refractivity contribution >= 4 is 0 Å². The van der Waals surface area contributed by atoms with Crippen molar-refractivity contribution in [3.63, 3.8) is 0 Å². The van der Waals surface area contributed by atoms with Gasteiger partial charge in [-0.3, -0.25) is 4.90 Å². The van der Waals surface area contributed by atoms with Crippen molar-refractivity contribution in [2.75, 3.05) is 13.7 Å². The van der Waals surface area contributed by atoms with Gasteiger partial charge in [-0.2, -0.15) is 0 Å². The summed E-state index contributed by atoms with van der Waals surface area (Å²) in [5, 5.41) is 0. The molecule has 0 aliphatic heterocycles. The Morgan fingerprint density at radius 2 is 1.85 bits per heavy atom. The molecule has 0 radical (unpaired) electrons. The Morgan fingerprint density at radius 3 is 2.35 bits per heavy atom. The second-order valence-electron chi connectivity index (χ2n) is 6.41. The summed E-state index contributed by atoms with van der Waals surface area (Å²) < 4.78 is 5.21. The number of benzene rings is 1. The summed E-state index contributed by atoms with van der Waals surface area (Å²) in [5.74, 6) is 1.83. The van der Waals surface area contributed by atoms with Crippen LogP contribution in [0.5, 0.6) is 5.75 Å². The van der Waals surface area contributed by atoms with E-state index in [4.69, 9.17) is 10.5 Å². The smallest absolute Gasteiger partial charge is 0.118 e. The Hall–Kier alpha value is -1.06. The fourth-order valence-electron chi connectivity index (χ4n) is 2.96. The van der Waals surface area contributed by atoms with Gasteiger partial charge >= 0.3 is 0 Å². The molecule has 0 amide bonds. The summed E-state index contributed by atoms with van der Waals surface area (Å²) in [4.78, 5) is 2.66. The third-order valence-corrected chi connectivity index (χ3v) is 4.73. The third kappa shape index (κ3) is 3.15. The summed E-state index contributed by atoms with van der Waals surface area (Å²) in [6.07, 6.45) is 5.53. The minimum Gasteiger partial charge on any atom is -0.497 e. The average Bonchev–Trinajstić information content (AvgIpc) is 3.36. The highest BCUT2D eigenvalue weighted by Crippen LogP contribution is 2.37. The van der Waals surface area contributed by atoms with Crippen molar-refractivity contribution in [2.24, 2.45) is 11.7 Å². The van der Waals surface area contributed by atoms with Crippen LogP contribution in [0.4, 0.5) is 0 Å². The van der Waals surface area contributed by atoms with Crippen LogP contribution in [0.25, 0.3) is 0 Å². The molecule has 2 aliphatic rings. The molecular formula is C17H26N2O. The normalized spacial score (nSPS) is 21.8. The number of hydrogen-bond donors (Lipinski definition) is 1. The van der Waals surface area contributed by atoms with Crippen molar-refractivity contribution < 1.29 is 4.74 Å². The molecule has 1 aromatic carbocycles. The summed E-state index contributed by atoms with van der Waals surface area (Å²) in [6.45, 7) is 3.53. The van der Waals surface area contributed by atoms with Gasteiger partial charge in [-0.05, 0) is 56.2 Å². The van der Waals surface area contributed by atoms with Crippen molar-refractivity contribution in [2.45, 2.75) is 50.7 Å². The number of nitrogens with two attached hydrogens (primary N) is 1. The summed E-state index contributed by atoms with van der Waals surface area (Å²) in [5.41, 5.74) is 7.72. The van der Waals surface area contributed by atoms with Gasteiger partial charge in [0.2, 0.25) is 0 Å². The standard InChI is InChI=1S/C17H26N2O/c1-12(19(15-7-8-15)11-13-3-4-13)17(18)14-5-9-16(20-2)10-6-14/h5-6,9-10,12-13,15,17H,3-4,7-8,11,18H2,1-2H3. The zero-order valence-electron chi connectivity index (χ0n) is 12.6. The fraction of sp³-hybridized carbons (Fsp3) is 0.647. The summed E-state index contributed by atoms with van der Waals surface area (Å²) in [7, 11) is 1.70. The average molecular weight is 274 g/mol. The van der Waals surface area contributed by atoms with E-state index in [1.54, 1.807) is 7.11 Å². The zero-order valence-corrected chi connectivity index (χ0v) is 12.6. The first-order chi connectivity index (χ1) is 9.69. The van der Waals surface area contributed by atoms with Gasteiger partial charge in [0.15, 0.2) is 0 Å². The van der Waals surface area contributed by atoms with E-state index in [1.807, 2.05) is 12.1 Å². The molecule has 3 rings (SSSR count). The summed E-state index contributed by atoms with van der Waals surface area (Å²) >= 11 is 0. The molecule has 2 N–H and O–H groups in total. The number of hydrogen-bond acceptors (Lipinski definition) is 3. The molecule has 20 heavy (non-hydrogen) atoms. The second kappa shape index (κ2) is 5.74. The third-order valence-electron chi connectivity index (χ3n) is 4.73. The van der Waals surface area contributed by atoms with Crippen LogP contribution < -0.4 is 10.5 Å². The van der Waals surface area contributed by atoms with Crippen LogP contribution >= 0.6 is 0 Å². The number of nitrogens with zero attached hydrogens (tertiary/aromatic N) is 1. The lowest BCUT2D eigenvalue weighted by Gasteiger charge is -2.33. The lowest BCUT2D eigenvalue weighted by atomic mass is 9.99. The lowest BCUT2D eigenvalue weighted by Crippen LogP contribution is -2.43. The van der Waals surface area contributed by atoms with Crippen LogP contribution in [0.15, 0.2) is 24.3 Å². The molecule has 0 saturated heterocycles. The number of rotatable bonds is 7. The maximum atomic E-state index is 6.51. The van der Waals surface area contributed by atoms with Crippen LogP contribution in [0.2, 0.25) is 0 Å². The van der Waals surface area contributed by atoms with Crippen LogP contribution in [-0.4, -0.2) is 30.6 Å². The Kier molecular flexibility index (Phi) is 3.99. The first-order valence-corrected chi connectivity index (χ1v) is 7.84. The molecular weight excluding hydrogens is 248 g/mol. The second-order valence-corrected chi connectivity index (χ2v) is 6.41. The van der Waals surface area contributed by atoms with Gasteiger partial charge < -0.3 is 10.5 Å². The lowest BCUT2D eigenvalue weighted by molar-refractivity contribution is 0.167. The molecule has 2 fully saturated rings. The van der Waals surface area contributed by atoms with Gasteiger partial charge in [0, 0.05) is 24.7 Å². The maximum Gasteiger partial charge on any atom is 0.118 e. The monoisotopic (exact) mass is 274 g/mol. The van der Waals surface area contributed by atoms with Gasteiger partial charge in [0.05, 0.1) is 7.11 Å². The molecule has 2 aliphatic carbocycles. The van der Waals surface area contributed by atoms with Crippen molar-refractivity contribution in [1.82, 2.24) is 4.90 Å². The molecule has 3 nitrogen and oxygen atoms in total. The van der Waals surface area contributed by atoms with E-state index >= 15 is 0 Å². The largest absolute Gasteiger partial charge is 0.497 e. The highest BCUT2D eigenvalue weighted by molar-refractivity contribution is 5.29. The quantitative estimate of drug-likeness (QED) is 0.831. The Bertz CT molecular complexity index is 437. The van der Waals surface area contributed by atoms with Gasteiger partial charge in [0.1, 0.15) is 5.75 Å². The van der Waals surface area contributed by atoms with E-state index in [0.29, 0.717) is 6.04 Å². The minimum absolute atomic E-state index is 0.0836. The molecule has 110 valence electrons.